The summed E-state index contributed by atoms with van der Waals surface area (Å²) >= 11 is 0. The first-order chi connectivity index (χ1) is 5.77. The lowest BCUT2D eigenvalue weighted by Crippen LogP contribution is -1.68. The van der Waals surface area contributed by atoms with Crippen LogP contribution in [0.25, 0.3) is 0 Å². The zero-order valence-corrected chi connectivity index (χ0v) is 8.51. The highest BCUT2D eigenvalue weighted by molar-refractivity contribution is 4.96. The van der Waals surface area contributed by atoms with Crippen LogP contribution >= 0.6 is 0 Å². The van der Waals surface area contributed by atoms with Crippen LogP contribution < -0.4 is 0 Å². The van der Waals surface area contributed by atoms with Gasteiger partial charge in [0.1, 0.15) is 0 Å². The van der Waals surface area contributed by atoms with Crippen molar-refractivity contribution in [1.29, 1.82) is 0 Å². The Kier molecular flexibility index (Phi) is 7.78. The van der Waals surface area contributed by atoms with E-state index >= 15 is 0 Å². The molecule has 0 radical (unpaired) electrons. The number of allylic oxidation sites excluding steroid dienone is 6. The summed E-state index contributed by atoms with van der Waals surface area (Å²) < 4.78 is 0. The molecule has 0 nitrogen and oxygen atoms in total. The zero-order chi connectivity index (χ0) is 9.23. The summed E-state index contributed by atoms with van der Waals surface area (Å²) in [7, 11) is 0. The van der Waals surface area contributed by atoms with Gasteiger partial charge in [0.2, 0.25) is 0 Å². The third-order valence-corrected chi connectivity index (χ3v) is 1.56. The van der Waals surface area contributed by atoms with Crippen LogP contribution in [0.1, 0.15) is 40.0 Å². The van der Waals surface area contributed by atoms with Gasteiger partial charge in [0.25, 0.3) is 0 Å². The molecule has 0 aromatic rings. The molecule has 0 atom stereocenters. The largest absolute Gasteiger partial charge is 0.0914 e. The van der Waals surface area contributed by atoms with E-state index in [-0.39, 0.29) is 0 Å². The maximum atomic E-state index is 2.28. The Balaban J connectivity index is 3.30. The van der Waals surface area contributed by atoms with Crippen molar-refractivity contribution >= 4 is 0 Å². The molecule has 0 aliphatic rings. The number of hydrogen-bond acceptors (Lipinski definition) is 0. The van der Waals surface area contributed by atoms with Gasteiger partial charge in [-0.05, 0) is 40.0 Å². The lowest BCUT2D eigenvalue weighted by Gasteiger charge is -1.88. The van der Waals surface area contributed by atoms with Crippen LogP contribution in [-0.4, -0.2) is 0 Å². The van der Waals surface area contributed by atoms with Crippen molar-refractivity contribution < 1.29 is 0 Å². The summed E-state index contributed by atoms with van der Waals surface area (Å²) in [6.07, 6.45) is 14.4. The third kappa shape index (κ3) is 9.22. The van der Waals surface area contributed by atoms with E-state index in [0.717, 1.165) is 6.42 Å². The van der Waals surface area contributed by atoms with Crippen molar-refractivity contribution in [3.63, 3.8) is 0 Å². The number of unbranched alkanes of at least 4 members (excludes halogenated alkanes) is 1. The van der Waals surface area contributed by atoms with Crippen LogP contribution in [0, 0.1) is 0 Å². The molecule has 68 valence electrons. The molecule has 12 heavy (non-hydrogen) atoms. The standard InChI is InChI=1S/C12H20/c1-4-5-6-7-8-9-10-11-12(2)3/h4-5,7-8,11H,6,9-10H2,1-3H3. The Labute approximate surface area is 76.7 Å². The molecule has 0 heterocycles. The Hall–Kier alpha value is -0.780. The minimum absolute atomic E-state index is 1.07. The van der Waals surface area contributed by atoms with E-state index in [1.807, 2.05) is 0 Å². The first kappa shape index (κ1) is 11.2. The van der Waals surface area contributed by atoms with E-state index in [1.165, 1.54) is 18.4 Å². The minimum atomic E-state index is 1.07. The summed E-state index contributed by atoms with van der Waals surface area (Å²) in [5.41, 5.74) is 1.41. The molecule has 0 aliphatic carbocycles. The van der Waals surface area contributed by atoms with Crippen LogP contribution in [0.4, 0.5) is 0 Å². The summed E-state index contributed by atoms with van der Waals surface area (Å²) in [5.74, 6) is 0. The third-order valence-electron chi connectivity index (χ3n) is 1.56. The van der Waals surface area contributed by atoms with Crippen LogP contribution in [-0.2, 0) is 0 Å². The second kappa shape index (κ2) is 8.32. The van der Waals surface area contributed by atoms with Crippen molar-refractivity contribution in [3.8, 4) is 0 Å². The molecule has 0 saturated heterocycles. The smallest absolute Gasteiger partial charge is 0.0169 e. The highest BCUT2D eigenvalue weighted by atomic mass is 13.8. The van der Waals surface area contributed by atoms with Crippen LogP contribution in [0.5, 0.6) is 0 Å². The van der Waals surface area contributed by atoms with Gasteiger partial charge < -0.3 is 0 Å². The second-order valence-electron chi connectivity index (χ2n) is 3.13. The van der Waals surface area contributed by atoms with Crippen LogP contribution in [0.2, 0.25) is 0 Å². The zero-order valence-electron chi connectivity index (χ0n) is 8.51. The van der Waals surface area contributed by atoms with Gasteiger partial charge >= 0.3 is 0 Å². The SMILES string of the molecule is CC=CCC=CCCC=C(C)C. The summed E-state index contributed by atoms with van der Waals surface area (Å²) in [5, 5.41) is 0. The summed E-state index contributed by atoms with van der Waals surface area (Å²) in [6, 6.07) is 0. The van der Waals surface area contributed by atoms with Gasteiger partial charge in [-0.15, -0.1) is 0 Å². The minimum Gasteiger partial charge on any atom is -0.0914 e. The Morgan fingerprint density at radius 1 is 1.00 bits per heavy atom. The highest BCUT2D eigenvalue weighted by Gasteiger charge is 1.78. The van der Waals surface area contributed by atoms with Gasteiger partial charge in [0, 0.05) is 0 Å². The molecule has 0 unspecified atom stereocenters. The van der Waals surface area contributed by atoms with E-state index in [2.05, 4.69) is 51.2 Å². The van der Waals surface area contributed by atoms with E-state index in [9.17, 15) is 0 Å². The van der Waals surface area contributed by atoms with Gasteiger partial charge in [-0.3, -0.25) is 0 Å². The van der Waals surface area contributed by atoms with Gasteiger partial charge in [-0.1, -0.05) is 36.0 Å². The molecule has 0 fully saturated rings. The number of rotatable bonds is 5. The molecular formula is C12H20. The molecule has 0 N–H and O–H groups in total. The van der Waals surface area contributed by atoms with Gasteiger partial charge in [-0.25, -0.2) is 0 Å². The topological polar surface area (TPSA) is 0 Å². The molecule has 0 bridgehead atoms. The lowest BCUT2D eigenvalue weighted by molar-refractivity contribution is 1.03. The molecule has 0 aliphatic heterocycles. The van der Waals surface area contributed by atoms with Crippen molar-refractivity contribution in [3.05, 3.63) is 36.0 Å². The van der Waals surface area contributed by atoms with E-state index in [1.54, 1.807) is 0 Å². The highest BCUT2D eigenvalue weighted by Crippen LogP contribution is 1.98. The van der Waals surface area contributed by atoms with Gasteiger partial charge in [0.15, 0.2) is 0 Å². The van der Waals surface area contributed by atoms with Crippen molar-refractivity contribution in [1.82, 2.24) is 0 Å². The van der Waals surface area contributed by atoms with E-state index in [0.29, 0.717) is 0 Å². The predicted molar refractivity (Wildman–Crippen MR) is 57.2 cm³/mol. The fourth-order valence-corrected chi connectivity index (χ4v) is 0.897. The van der Waals surface area contributed by atoms with Crippen molar-refractivity contribution in [2.75, 3.05) is 0 Å². The Bertz CT molecular complexity index is 166. The maximum Gasteiger partial charge on any atom is -0.0169 e. The quantitative estimate of drug-likeness (QED) is 0.421. The average Bonchev–Trinajstić information content (AvgIpc) is 2.02. The van der Waals surface area contributed by atoms with Gasteiger partial charge in [0.05, 0.1) is 0 Å². The van der Waals surface area contributed by atoms with E-state index < -0.39 is 0 Å². The summed E-state index contributed by atoms with van der Waals surface area (Å²) in [4.78, 5) is 0. The van der Waals surface area contributed by atoms with Crippen molar-refractivity contribution in [2.45, 2.75) is 40.0 Å². The molecule has 0 rings (SSSR count). The van der Waals surface area contributed by atoms with Crippen LogP contribution in [0.3, 0.4) is 0 Å². The molecule has 0 heteroatoms. The normalized spacial score (nSPS) is 11.2. The molecule has 0 aromatic heterocycles. The van der Waals surface area contributed by atoms with Gasteiger partial charge in [-0.2, -0.15) is 0 Å². The van der Waals surface area contributed by atoms with E-state index in [4.69, 9.17) is 0 Å². The molecular weight excluding hydrogens is 144 g/mol. The predicted octanol–water partition coefficient (Wildman–Crippen LogP) is 4.26. The fourth-order valence-electron chi connectivity index (χ4n) is 0.897. The average molecular weight is 164 g/mol. The molecule has 0 spiro atoms. The molecule has 0 aromatic carbocycles. The monoisotopic (exact) mass is 164 g/mol. The first-order valence-electron chi connectivity index (χ1n) is 4.67. The van der Waals surface area contributed by atoms with Crippen LogP contribution in [0.15, 0.2) is 36.0 Å². The number of hydrogen-bond donors (Lipinski definition) is 0. The molecule has 0 amide bonds. The summed E-state index contributed by atoms with van der Waals surface area (Å²) in [6.45, 7) is 6.34. The van der Waals surface area contributed by atoms with Crippen molar-refractivity contribution in [2.24, 2.45) is 0 Å². The second-order valence-corrected chi connectivity index (χ2v) is 3.13. The fraction of sp³-hybridized carbons (Fsp3) is 0.500. The Morgan fingerprint density at radius 3 is 2.33 bits per heavy atom. The maximum absolute atomic E-state index is 2.28. The first-order valence-corrected chi connectivity index (χ1v) is 4.67. The Morgan fingerprint density at radius 2 is 1.75 bits per heavy atom. The lowest BCUT2D eigenvalue weighted by atomic mass is 10.2. The molecule has 0 saturated carbocycles.